The van der Waals surface area contributed by atoms with Crippen molar-refractivity contribution < 1.29 is 83.8 Å². The Morgan fingerprint density at radius 2 is 0.774 bits per heavy atom. The highest BCUT2D eigenvalue weighted by atomic mass is 19.4. The van der Waals surface area contributed by atoms with Crippen LogP contribution >= 0.6 is 0 Å². The second-order valence-corrected chi connectivity index (χ2v) is 5.83. The summed E-state index contributed by atoms with van der Waals surface area (Å²) in [4.78, 5) is 11.3. The second kappa shape index (κ2) is 7.77. The van der Waals surface area contributed by atoms with E-state index in [1.54, 1.807) is 0 Å². The van der Waals surface area contributed by atoms with Crippen LogP contribution in [0.5, 0.6) is 0 Å². The van der Waals surface area contributed by atoms with E-state index < -0.39 is 72.9 Å². The van der Waals surface area contributed by atoms with E-state index in [0.29, 0.717) is 0 Å². The van der Waals surface area contributed by atoms with Crippen LogP contribution in [0.25, 0.3) is 0 Å². The van der Waals surface area contributed by atoms with Crippen molar-refractivity contribution in [3.63, 3.8) is 0 Å². The lowest BCUT2D eigenvalue weighted by Crippen LogP contribution is -2.77. The number of Topliss-reactive ketones (excluding diaryl/α,β-unsaturated/α-hetero) is 1. The first kappa shape index (κ1) is 29.4. The van der Waals surface area contributed by atoms with Crippen LogP contribution < -0.4 is 0 Å². The first-order valence-corrected chi connectivity index (χ1v) is 7.04. The smallest absolute Gasteiger partial charge is 0.291 e. The van der Waals surface area contributed by atoms with Crippen molar-refractivity contribution in [3.05, 3.63) is 0 Å². The van der Waals surface area contributed by atoms with Gasteiger partial charge in [0, 0.05) is 0 Å². The van der Waals surface area contributed by atoms with Crippen LogP contribution in [-0.2, 0) is 4.79 Å². The third-order valence-electron chi connectivity index (χ3n) is 4.04. The average molecular weight is 508 g/mol. The van der Waals surface area contributed by atoms with Gasteiger partial charge in [-0.05, 0) is 12.8 Å². The molecular formula is C12H6F18O. The molecule has 31 heavy (non-hydrogen) atoms. The fourth-order valence-corrected chi connectivity index (χ4v) is 2.56. The highest BCUT2D eigenvalue weighted by molar-refractivity contribution is 5.98. The summed E-state index contributed by atoms with van der Waals surface area (Å²) >= 11 is 0. The largest absolute Gasteiger partial charge is 0.439 e. The van der Waals surface area contributed by atoms with Crippen LogP contribution in [-0.4, -0.2) is 54.7 Å². The topological polar surface area (TPSA) is 17.1 Å². The lowest BCUT2D eigenvalue weighted by atomic mass is 9.63. The van der Waals surface area contributed by atoms with Crippen molar-refractivity contribution in [2.45, 2.75) is 55.1 Å². The zero-order chi connectivity index (χ0) is 25.7. The van der Waals surface area contributed by atoms with Gasteiger partial charge in [-0.2, -0.15) is 65.9 Å². The molecular weight excluding hydrogens is 502 g/mol. The summed E-state index contributed by atoms with van der Waals surface area (Å²) in [5, 5.41) is 0. The predicted molar refractivity (Wildman–Crippen MR) is 60.6 cm³/mol. The first-order valence-electron chi connectivity index (χ1n) is 7.04. The number of carbonyl (C=O) groups is 1. The molecule has 0 radical (unpaired) electrons. The number of carbonyl (C=O) groups excluding carboxylic acids is 1. The first-order chi connectivity index (χ1) is 13.2. The van der Waals surface area contributed by atoms with Gasteiger partial charge in [0.05, 0.1) is 6.67 Å². The molecule has 0 bridgehead atoms. The Balaban J connectivity index is 7.82. The van der Waals surface area contributed by atoms with Gasteiger partial charge >= 0.3 is 36.6 Å². The van der Waals surface area contributed by atoms with E-state index in [1.807, 2.05) is 0 Å². The van der Waals surface area contributed by atoms with Gasteiger partial charge in [-0.25, -0.2) is 8.78 Å². The third-order valence-corrected chi connectivity index (χ3v) is 4.04. The highest BCUT2D eigenvalue weighted by Crippen LogP contribution is 2.67. The SMILES string of the molecule is O=C(C(F)(C(F)(F)F)C(F)(F)F)C(F)(C(F)(F)F)C(CCCF)(C(F)(F)F)C(F)(F)F. The van der Waals surface area contributed by atoms with Gasteiger partial charge in [-0.3, -0.25) is 9.18 Å². The molecule has 0 fully saturated rings. The summed E-state index contributed by atoms with van der Waals surface area (Å²) in [5.74, 6) is -5.82. The Morgan fingerprint density at radius 1 is 0.484 bits per heavy atom. The molecule has 1 atom stereocenters. The number of alkyl halides is 18. The van der Waals surface area contributed by atoms with E-state index in [1.165, 1.54) is 0 Å². The van der Waals surface area contributed by atoms with Crippen molar-refractivity contribution in [1.82, 2.24) is 0 Å². The van der Waals surface area contributed by atoms with E-state index in [2.05, 4.69) is 0 Å². The van der Waals surface area contributed by atoms with Crippen LogP contribution in [0.15, 0.2) is 0 Å². The van der Waals surface area contributed by atoms with E-state index >= 15 is 0 Å². The van der Waals surface area contributed by atoms with Crippen LogP contribution in [0.2, 0.25) is 0 Å². The van der Waals surface area contributed by atoms with Gasteiger partial charge in [-0.15, -0.1) is 0 Å². The minimum Gasteiger partial charge on any atom is -0.291 e. The van der Waals surface area contributed by atoms with Gasteiger partial charge in [-0.1, -0.05) is 0 Å². The van der Waals surface area contributed by atoms with Crippen molar-refractivity contribution in [1.29, 1.82) is 0 Å². The third kappa shape index (κ3) is 4.11. The zero-order valence-electron chi connectivity index (χ0n) is 13.8. The summed E-state index contributed by atoms with van der Waals surface area (Å²) in [6.07, 6.45) is -45.7. The number of hydrogen-bond acceptors (Lipinski definition) is 1. The molecule has 0 heterocycles. The van der Waals surface area contributed by atoms with E-state index in [4.69, 9.17) is 0 Å². The zero-order valence-corrected chi connectivity index (χ0v) is 13.8. The Kier molecular flexibility index (Phi) is 7.37. The molecule has 1 nitrogen and oxygen atoms in total. The Hall–Kier alpha value is -1.59. The molecule has 0 aromatic rings. The summed E-state index contributed by atoms with van der Waals surface area (Å²) < 4.78 is 234. The highest BCUT2D eigenvalue weighted by Gasteiger charge is 2.94. The molecule has 0 aliphatic heterocycles. The second-order valence-electron chi connectivity index (χ2n) is 5.83. The lowest BCUT2D eigenvalue weighted by molar-refractivity contribution is -0.416. The normalized spacial score (nSPS) is 17.5. The minimum atomic E-state index is -8.24. The van der Waals surface area contributed by atoms with Gasteiger partial charge in [0.1, 0.15) is 0 Å². The fraction of sp³-hybridized carbons (Fsp3) is 0.917. The number of hydrogen-bond donors (Lipinski definition) is 0. The van der Waals surface area contributed by atoms with Crippen LogP contribution in [0.4, 0.5) is 79.0 Å². The van der Waals surface area contributed by atoms with Gasteiger partial charge in [0.25, 0.3) is 5.67 Å². The summed E-state index contributed by atoms with van der Waals surface area (Å²) in [6.45, 7) is -2.42. The molecule has 0 N–H and O–H groups in total. The Morgan fingerprint density at radius 3 is 0.968 bits per heavy atom. The molecule has 0 rings (SSSR count). The Labute approximate surface area is 158 Å². The van der Waals surface area contributed by atoms with Gasteiger partial charge < -0.3 is 0 Å². The summed E-state index contributed by atoms with van der Waals surface area (Å²) in [6, 6.07) is 0. The molecule has 1 unspecified atom stereocenters. The maximum atomic E-state index is 14.6. The van der Waals surface area contributed by atoms with Crippen molar-refractivity contribution in [2.75, 3.05) is 6.67 Å². The molecule has 19 heteroatoms. The standard InChI is InChI=1S/C12H6F18O/c13-3-1-2-5(8(16,17)18,9(19,20)21)6(14,10(22,23)24)4(31)7(15,11(25,26)27)12(28,29)30/h1-3H2. The molecule has 0 spiro atoms. The molecule has 0 aromatic carbocycles. The van der Waals surface area contributed by atoms with Gasteiger partial charge in [0.15, 0.2) is 0 Å². The average Bonchev–Trinajstić information content (AvgIpc) is 2.47. The maximum Gasteiger partial charge on any atom is 0.439 e. The van der Waals surface area contributed by atoms with Crippen LogP contribution in [0, 0.1) is 5.41 Å². The monoisotopic (exact) mass is 508 g/mol. The summed E-state index contributed by atoms with van der Waals surface area (Å²) in [5.41, 5.74) is -23.9. The quantitative estimate of drug-likeness (QED) is 0.374. The molecule has 0 aliphatic carbocycles. The van der Waals surface area contributed by atoms with Crippen LogP contribution in [0.1, 0.15) is 12.8 Å². The number of halogens is 18. The predicted octanol–water partition coefficient (Wildman–Crippen LogP) is 6.52. The van der Waals surface area contributed by atoms with E-state index in [-0.39, 0.29) is 0 Å². The maximum absolute atomic E-state index is 14.6. The van der Waals surface area contributed by atoms with E-state index in [0.717, 1.165) is 0 Å². The molecule has 0 aliphatic rings. The summed E-state index contributed by atoms with van der Waals surface area (Å²) in [7, 11) is 0. The minimum absolute atomic E-state index is 2.38. The number of rotatable bonds is 6. The molecule has 0 amide bonds. The fourth-order valence-electron chi connectivity index (χ4n) is 2.56. The molecule has 0 saturated carbocycles. The van der Waals surface area contributed by atoms with E-state index in [9.17, 15) is 83.8 Å². The van der Waals surface area contributed by atoms with Crippen molar-refractivity contribution >= 4 is 5.78 Å². The molecule has 0 saturated heterocycles. The van der Waals surface area contributed by atoms with Crippen molar-refractivity contribution in [3.8, 4) is 0 Å². The van der Waals surface area contributed by atoms with Crippen LogP contribution in [0.3, 0.4) is 0 Å². The lowest BCUT2D eigenvalue weighted by Gasteiger charge is -2.48. The molecule has 186 valence electrons. The van der Waals surface area contributed by atoms with Crippen molar-refractivity contribution in [2.24, 2.45) is 5.41 Å². The van der Waals surface area contributed by atoms with Gasteiger partial charge in [0.2, 0.25) is 11.2 Å². The Bertz CT molecular complexity index is 617. The molecule has 0 aromatic heterocycles. The number of ketones is 1.